The monoisotopic (exact) mass is 288 g/mol. The number of nitrogens with zero attached hydrogens (tertiary/aromatic N) is 1. The zero-order chi connectivity index (χ0) is 14.9. The van der Waals surface area contributed by atoms with E-state index in [1.807, 2.05) is 0 Å². The summed E-state index contributed by atoms with van der Waals surface area (Å²) in [7, 11) is 0. The van der Waals surface area contributed by atoms with Crippen molar-refractivity contribution in [3.8, 4) is 0 Å². The van der Waals surface area contributed by atoms with Crippen LogP contribution in [0.15, 0.2) is 24.3 Å². The summed E-state index contributed by atoms with van der Waals surface area (Å²) in [5.74, 6) is 0.161. The van der Waals surface area contributed by atoms with E-state index in [4.69, 9.17) is 0 Å². The van der Waals surface area contributed by atoms with Crippen LogP contribution in [0.4, 0.5) is 0 Å². The fourth-order valence-corrected chi connectivity index (χ4v) is 2.76. The summed E-state index contributed by atoms with van der Waals surface area (Å²) in [4.78, 5) is 14.1. The molecule has 1 fully saturated rings. The maximum atomic E-state index is 11.6. The molecular weight excluding hydrogens is 260 g/mol. The van der Waals surface area contributed by atoms with Gasteiger partial charge < -0.3 is 5.32 Å². The zero-order valence-corrected chi connectivity index (χ0v) is 13.2. The van der Waals surface area contributed by atoms with Crippen LogP contribution in [0.5, 0.6) is 0 Å². The van der Waals surface area contributed by atoms with Crippen molar-refractivity contribution in [1.82, 2.24) is 10.2 Å². The van der Waals surface area contributed by atoms with Crippen LogP contribution in [0.25, 0.3) is 0 Å². The van der Waals surface area contributed by atoms with Crippen molar-refractivity contribution < 1.29 is 4.79 Å². The van der Waals surface area contributed by atoms with Gasteiger partial charge in [-0.25, -0.2) is 0 Å². The Labute approximate surface area is 128 Å². The largest absolute Gasteiger partial charge is 0.352 e. The highest BCUT2D eigenvalue weighted by Crippen LogP contribution is 2.13. The average Bonchev–Trinajstić information content (AvgIpc) is 2.53. The number of carbonyl (C=O) groups is 1. The van der Waals surface area contributed by atoms with E-state index in [9.17, 15) is 4.79 Å². The van der Waals surface area contributed by atoms with Crippen molar-refractivity contribution in [1.29, 1.82) is 0 Å². The molecule has 116 valence electrons. The fourth-order valence-electron chi connectivity index (χ4n) is 2.76. The third-order valence-corrected chi connectivity index (χ3v) is 4.12. The average molecular weight is 288 g/mol. The highest BCUT2D eigenvalue weighted by atomic mass is 16.1. The lowest BCUT2D eigenvalue weighted by Crippen LogP contribution is -2.29. The number of carbonyl (C=O) groups excluding carboxylic acids is 1. The topological polar surface area (TPSA) is 32.3 Å². The predicted molar refractivity (Wildman–Crippen MR) is 86.9 cm³/mol. The first-order chi connectivity index (χ1) is 10.3. The van der Waals surface area contributed by atoms with E-state index in [0.29, 0.717) is 13.0 Å². The Hall–Kier alpha value is -1.35. The molecule has 1 N–H and O–H groups in total. The highest BCUT2D eigenvalue weighted by molar-refractivity contribution is 5.75. The minimum Gasteiger partial charge on any atom is -0.352 e. The lowest BCUT2D eigenvalue weighted by molar-refractivity contribution is -0.121. The van der Waals surface area contributed by atoms with Crippen molar-refractivity contribution >= 4 is 5.91 Å². The van der Waals surface area contributed by atoms with Gasteiger partial charge in [-0.2, -0.15) is 0 Å². The second kappa shape index (κ2) is 8.83. The minimum atomic E-state index is 0.161. The summed E-state index contributed by atoms with van der Waals surface area (Å²) >= 11 is 0. The Morgan fingerprint density at radius 3 is 2.43 bits per heavy atom. The summed E-state index contributed by atoms with van der Waals surface area (Å²) in [6, 6.07) is 8.67. The van der Waals surface area contributed by atoms with Gasteiger partial charge in [-0.3, -0.25) is 9.69 Å². The van der Waals surface area contributed by atoms with Gasteiger partial charge >= 0.3 is 0 Å². The molecule has 0 unspecified atom stereocenters. The van der Waals surface area contributed by atoms with Crippen molar-refractivity contribution in [2.75, 3.05) is 13.1 Å². The van der Waals surface area contributed by atoms with E-state index < -0.39 is 0 Å². The molecule has 21 heavy (non-hydrogen) atoms. The van der Waals surface area contributed by atoms with Crippen LogP contribution in [0.3, 0.4) is 0 Å². The first-order valence-corrected chi connectivity index (χ1v) is 8.35. The van der Waals surface area contributed by atoms with E-state index >= 15 is 0 Å². The van der Waals surface area contributed by atoms with Gasteiger partial charge in [0.25, 0.3) is 0 Å². The molecule has 0 spiro atoms. The molecule has 1 aliphatic heterocycles. The number of likely N-dealkylation sites (tertiary alicyclic amines) is 1. The first-order valence-electron chi connectivity index (χ1n) is 8.35. The van der Waals surface area contributed by atoms with Crippen molar-refractivity contribution in [2.45, 2.75) is 58.5 Å². The molecule has 1 aromatic carbocycles. The molecule has 1 aliphatic rings. The first kappa shape index (κ1) is 16.0. The van der Waals surface area contributed by atoms with Gasteiger partial charge in [0.15, 0.2) is 0 Å². The summed E-state index contributed by atoms with van der Waals surface area (Å²) < 4.78 is 0. The quantitative estimate of drug-likeness (QED) is 0.833. The Morgan fingerprint density at radius 1 is 1.10 bits per heavy atom. The molecule has 1 heterocycles. The fraction of sp³-hybridized carbons (Fsp3) is 0.611. The number of nitrogens with one attached hydrogen (secondary N) is 1. The van der Waals surface area contributed by atoms with Gasteiger partial charge in [0.2, 0.25) is 5.91 Å². The van der Waals surface area contributed by atoms with Crippen LogP contribution in [-0.2, 0) is 17.9 Å². The molecule has 3 heteroatoms. The lowest BCUT2D eigenvalue weighted by atomic mass is 10.1. The third kappa shape index (κ3) is 5.88. The Bertz CT molecular complexity index is 421. The van der Waals surface area contributed by atoms with Crippen molar-refractivity contribution in [3.63, 3.8) is 0 Å². The van der Waals surface area contributed by atoms with Crippen LogP contribution in [0.2, 0.25) is 0 Å². The number of benzene rings is 1. The molecule has 1 aromatic rings. The van der Waals surface area contributed by atoms with Crippen LogP contribution in [0, 0.1) is 0 Å². The van der Waals surface area contributed by atoms with Gasteiger partial charge in [-0.15, -0.1) is 0 Å². The minimum absolute atomic E-state index is 0.161. The Kier molecular flexibility index (Phi) is 6.74. The van der Waals surface area contributed by atoms with Gasteiger partial charge in [-0.05, 0) is 43.5 Å². The van der Waals surface area contributed by atoms with Crippen LogP contribution < -0.4 is 5.32 Å². The molecule has 0 saturated carbocycles. The van der Waals surface area contributed by atoms with Gasteiger partial charge in [-0.1, -0.05) is 44.0 Å². The highest BCUT2D eigenvalue weighted by Gasteiger charge is 2.10. The molecule has 0 radical (unpaired) electrons. The van der Waals surface area contributed by atoms with E-state index in [0.717, 1.165) is 19.4 Å². The van der Waals surface area contributed by atoms with Gasteiger partial charge in [0.05, 0.1) is 0 Å². The van der Waals surface area contributed by atoms with E-state index in [2.05, 4.69) is 41.4 Å². The molecule has 0 atom stereocenters. The zero-order valence-electron chi connectivity index (χ0n) is 13.2. The van der Waals surface area contributed by atoms with Crippen molar-refractivity contribution in [2.24, 2.45) is 0 Å². The lowest BCUT2D eigenvalue weighted by Gasteiger charge is -2.26. The molecule has 3 nitrogen and oxygen atoms in total. The second-order valence-corrected chi connectivity index (χ2v) is 6.03. The number of rotatable bonds is 7. The smallest absolute Gasteiger partial charge is 0.220 e. The van der Waals surface area contributed by atoms with Crippen LogP contribution >= 0.6 is 0 Å². The Morgan fingerprint density at radius 2 is 1.76 bits per heavy atom. The van der Waals surface area contributed by atoms with Crippen LogP contribution in [-0.4, -0.2) is 23.9 Å². The summed E-state index contributed by atoms with van der Waals surface area (Å²) in [6.07, 6.45) is 6.74. The van der Waals surface area contributed by atoms with Gasteiger partial charge in [0, 0.05) is 19.5 Å². The predicted octanol–water partition coefficient (Wildman–Crippen LogP) is 3.48. The van der Waals surface area contributed by atoms with E-state index in [1.165, 1.54) is 43.5 Å². The molecule has 0 aromatic heterocycles. The second-order valence-electron chi connectivity index (χ2n) is 6.03. The van der Waals surface area contributed by atoms with Crippen LogP contribution in [0.1, 0.15) is 56.6 Å². The van der Waals surface area contributed by atoms with E-state index in [-0.39, 0.29) is 5.91 Å². The maximum Gasteiger partial charge on any atom is 0.220 e. The standard InChI is InChI=1S/C18H28N2O/c1-2-3-7-18(21)19-14-16-8-10-17(11-9-16)15-20-12-5-4-6-13-20/h8-11H,2-7,12-15H2,1H3,(H,19,21). The summed E-state index contributed by atoms with van der Waals surface area (Å²) in [6.45, 7) is 6.27. The molecule has 2 rings (SSSR count). The van der Waals surface area contributed by atoms with E-state index in [1.54, 1.807) is 0 Å². The molecular formula is C18H28N2O. The number of hydrogen-bond acceptors (Lipinski definition) is 2. The maximum absolute atomic E-state index is 11.6. The summed E-state index contributed by atoms with van der Waals surface area (Å²) in [5, 5.41) is 2.99. The van der Waals surface area contributed by atoms with Crippen molar-refractivity contribution in [3.05, 3.63) is 35.4 Å². The molecule has 0 aliphatic carbocycles. The molecule has 1 amide bonds. The molecule has 1 saturated heterocycles. The number of unbranched alkanes of at least 4 members (excludes halogenated alkanes) is 1. The third-order valence-electron chi connectivity index (χ3n) is 4.12. The number of amides is 1. The number of piperidine rings is 1. The molecule has 0 bridgehead atoms. The normalized spacial score (nSPS) is 15.9. The number of hydrogen-bond donors (Lipinski definition) is 1. The van der Waals surface area contributed by atoms with Gasteiger partial charge in [0.1, 0.15) is 0 Å². The SMILES string of the molecule is CCCCC(=O)NCc1ccc(CN2CCCCC2)cc1. The Balaban J connectivity index is 1.74. The summed E-state index contributed by atoms with van der Waals surface area (Å²) in [5.41, 5.74) is 2.56.